The van der Waals surface area contributed by atoms with E-state index in [1.807, 2.05) is 6.92 Å². The van der Waals surface area contributed by atoms with Crippen molar-refractivity contribution in [1.82, 2.24) is 9.29 Å². The number of unbranched alkanes of at least 4 members (excludes halogenated alkanes) is 1. The summed E-state index contributed by atoms with van der Waals surface area (Å²) in [7, 11) is -3.10. The Morgan fingerprint density at radius 3 is 2.91 bits per heavy atom. The molecule has 0 bridgehead atoms. The Kier molecular flexibility index (Phi) is 4.78. The average Bonchev–Trinajstić information content (AvgIpc) is 2.96. The SMILES string of the molecule is CCCCS(=O)(=O)N1CCCC(c2cc3cc(C)ccc3[nH]2)C1. The van der Waals surface area contributed by atoms with E-state index in [2.05, 4.69) is 36.2 Å². The largest absolute Gasteiger partial charge is 0.358 e. The van der Waals surface area contributed by atoms with Gasteiger partial charge in [0.05, 0.1) is 5.75 Å². The molecule has 2 aromatic rings. The number of sulfonamides is 1. The van der Waals surface area contributed by atoms with Gasteiger partial charge in [0, 0.05) is 30.2 Å². The molecule has 1 atom stereocenters. The number of hydrogen-bond donors (Lipinski definition) is 1. The van der Waals surface area contributed by atoms with Gasteiger partial charge in [-0.2, -0.15) is 0 Å². The number of hydrogen-bond acceptors (Lipinski definition) is 2. The third kappa shape index (κ3) is 3.61. The second kappa shape index (κ2) is 6.65. The first-order chi connectivity index (χ1) is 11.0. The summed E-state index contributed by atoms with van der Waals surface area (Å²) in [6, 6.07) is 8.57. The Balaban J connectivity index is 1.79. The van der Waals surface area contributed by atoms with Crippen molar-refractivity contribution in [2.45, 2.75) is 45.4 Å². The van der Waals surface area contributed by atoms with Crippen LogP contribution in [0.4, 0.5) is 0 Å². The Labute approximate surface area is 138 Å². The number of rotatable bonds is 5. The Morgan fingerprint density at radius 1 is 1.30 bits per heavy atom. The molecule has 0 spiro atoms. The first-order valence-corrected chi connectivity index (χ1v) is 10.2. The van der Waals surface area contributed by atoms with Gasteiger partial charge in [-0.15, -0.1) is 0 Å². The fraction of sp³-hybridized carbons (Fsp3) is 0.556. The van der Waals surface area contributed by atoms with E-state index in [1.54, 1.807) is 4.31 Å². The molecule has 2 heterocycles. The van der Waals surface area contributed by atoms with E-state index in [1.165, 1.54) is 16.6 Å². The highest BCUT2D eigenvalue weighted by Gasteiger charge is 2.29. The van der Waals surface area contributed by atoms with Crippen LogP contribution in [0, 0.1) is 6.92 Å². The van der Waals surface area contributed by atoms with Crippen LogP contribution in [-0.2, 0) is 10.0 Å². The summed E-state index contributed by atoms with van der Waals surface area (Å²) in [6.07, 6.45) is 3.64. The summed E-state index contributed by atoms with van der Waals surface area (Å²) in [4.78, 5) is 3.49. The molecule has 0 radical (unpaired) electrons. The molecule has 1 aromatic carbocycles. The zero-order chi connectivity index (χ0) is 16.4. The van der Waals surface area contributed by atoms with Crippen molar-refractivity contribution >= 4 is 20.9 Å². The highest BCUT2D eigenvalue weighted by atomic mass is 32.2. The van der Waals surface area contributed by atoms with Crippen LogP contribution >= 0.6 is 0 Å². The molecule has 1 fully saturated rings. The summed E-state index contributed by atoms with van der Waals surface area (Å²) in [5, 5.41) is 1.21. The Morgan fingerprint density at radius 2 is 2.13 bits per heavy atom. The van der Waals surface area contributed by atoms with Crippen molar-refractivity contribution in [3.05, 3.63) is 35.5 Å². The maximum absolute atomic E-state index is 12.5. The number of fused-ring (bicyclic) bond motifs is 1. The molecule has 1 saturated heterocycles. The van der Waals surface area contributed by atoms with Gasteiger partial charge in [0.25, 0.3) is 0 Å². The molecule has 1 aliphatic heterocycles. The minimum absolute atomic E-state index is 0.271. The molecule has 3 rings (SSSR count). The molecule has 5 heteroatoms. The molecule has 4 nitrogen and oxygen atoms in total. The molecule has 126 valence electrons. The van der Waals surface area contributed by atoms with Gasteiger partial charge in [0.2, 0.25) is 10.0 Å². The van der Waals surface area contributed by atoms with Crippen LogP contribution in [0.2, 0.25) is 0 Å². The standard InChI is InChI=1S/C18H26N2O2S/c1-3-4-10-23(21,22)20-9-5-6-15(13-20)18-12-16-11-14(2)7-8-17(16)19-18/h7-8,11-12,15,19H,3-6,9-10,13H2,1-2H3. The summed E-state index contributed by atoms with van der Waals surface area (Å²) in [5.41, 5.74) is 3.55. The van der Waals surface area contributed by atoms with Crippen LogP contribution in [0.3, 0.4) is 0 Å². The minimum Gasteiger partial charge on any atom is -0.358 e. The molecule has 1 aliphatic rings. The number of H-pyrrole nitrogens is 1. The van der Waals surface area contributed by atoms with Crippen molar-refractivity contribution in [2.75, 3.05) is 18.8 Å². The number of benzene rings is 1. The van der Waals surface area contributed by atoms with E-state index in [-0.39, 0.29) is 11.7 Å². The van der Waals surface area contributed by atoms with Gasteiger partial charge in [-0.05, 0) is 49.8 Å². The van der Waals surface area contributed by atoms with Crippen LogP contribution < -0.4 is 0 Å². The normalized spacial score (nSPS) is 20.2. The van der Waals surface area contributed by atoms with E-state index in [4.69, 9.17) is 0 Å². The highest BCUT2D eigenvalue weighted by molar-refractivity contribution is 7.89. The topological polar surface area (TPSA) is 53.2 Å². The van der Waals surface area contributed by atoms with E-state index < -0.39 is 10.0 Å². The van der Waals surface area contributed by atoms with E-state index in [0.717, 1.165) is 31.2 Å². The molecule has 23 heavy (non-hydrogen) atoms. The van der Waals surface area contributed by atoms with Gasteiger partial charge in [-0.25, -0.2) is 12.7 Å². The summed E-state index contributed by atoms with van der Waals surface area (Å²) in [5.74, 6) is 0.551. The maximum Gasteiger partial charge on any atom is 0.214 e. The molecule has 1 unspecified atom stereocenters. The van der Waals surface area contributed by atoms with Crippen molar-refractivity contribution in [3.63, 3.8) is 0 Å². The summed E-state index contributed by atoms with van der Waals surface area (Å²) in [6.45, 7) is 5.40. The summed E-state index contributed by atoms with van der Waals surface area (Å²) >= 11 is 0. The molecular formula is C18H26N2O2S. The monoisotopic (exact) mass is 334 g/mol. The first kappa shape index (κ1) is 16.5. The van der Waals surface area contributed by atoms with Crippen LogP contribution in [0.15, 0.2) is 24.3 Å². The zero-order valence-corrected chi connectivity index (χ0v) is 14.8. The predicted molar refractivity (Wildman–Crippen MR) is 95.3 cm³/mol. The molecule has 0 saturated carbocycles. The lowest BCUT2D eigenvalue weighted by atomic mass is 9.96. The molecule has 0 amide bonds. The van der Waals surface area contributed by atoms with Crippen LogP contribution in [0.25, 0.3) is 10.9 Å². The lowest BCUT2D eigenvalue weighted by Crippen LogP contribution is -2.40. The smallest absolute Gasteiger partial charge is 0.214 e. The van der Waals surface area contributed by atoms with Gasteiger partial charge < -0.3 is 4.98 Å². The molecular weight excluding hydrogens is 308 g/mol. The van der Waals surface area contributed by atoms with Crippen LogP contribution in [0.1, 0.15) is 49.8 Å². The minimum atomic E-state index is -3.10. The van der Waals surface area contributed by atoms with Crippen molar-refractivity contribution in [1.29, 1.82) is 0 Å². The van der Waals surface area contributed by atoms with E-state index in [9.17, 15) is 8.42 Å². The Hall–Kier alpha value is -1.33. The van der Waals surface area contributed by atoms with Crippen molar-refractivity contribution in [3.8, 4) is 0 Å². The highest BCUT2D eigenvalue weighted by Crippen LogP contribution is 2.30. The fourth-order valence-corrected chi connectivity index (χ4v) is 5.13. The fourth-order valence-electron chi connectivity index (χ4n) is 3.40. The number of aromatic nitrogens is 1. The van der Waals surface area contributed by atoms with E-state index in [0.29, 0.717) is 13.1 Å². The summed E-state index contributed by atoms with van der Waals surface area (Å²) < 4.78 is 26.6. The average molecular weight is 334 g/mol. The number of aromatic amines is 1. The van der Waals surface area contributed by atoms with Gasteiger partial charge in [-0.1, -0.05) is 25.0 Å². The van der Waals surface area contributed by atoms with Crippen molar-refractivity contribution < 1.29 is 8.42 Å². The number of nitrogens with one attached hydrogen (secondary N) is 1. The second-order valence-electron chi connectivity index (χ2n) is 6.68. The third-order valence-electron chi connectivity index (χ3n) is 4.77. The first-order valence-electron chi connectivity index (χ1n) is 8.56. The van der Waals surface area contributed by atoms with Gasteiger partial charge in [0.1, 0.15) is 0 Å². The van der Waals surface area contributed by atoms with Gasteiger partial charge in [-0.3, -0.25) is 0 Å². The molecule has 0 aliphatic carbocycles. The van der Waals surface area contributed by atoms with Crippen LogP contribution in [-0.4, -0.2) is 36.5 Å². The quantitative estimate of drug-likeness (QED) is 0.904. The lowest BCUT2D eigenvalue weighted by Gasteiger charge is -2.31. The predicted octanol–water partition coefficient (Wildman–Crippen LogP) is 3.79. The lowest BCUT2D eigenvalue weighted by molar-refractivity contribution is 0.313. The van der Waals surface area contributed by atoms with Crippen LogP contribution in [0.5, 0.6) is 0 Å². The number of nitrogens with zero attached hydrogens (tertiary/aromatic N) is 1. The van der Waals surface area contributed by atoms with E-state index >= 15 is 0 Å². The number of piperidine rings is 1. The second-order valence-corrected chi connectivity index (χ2v) is 8.77. The van der Waals surface area contributed by atoms with Crippen molar-refractivity contribution in [2.24, 2.45) is 0 Å². The molecule has 1 N–H and O–H groups in total. The third-order valence-corrected chi connectivity index (χ3v) is 6.69. The Bertz CT molecular complexity index is 779. The zero-order valence-electron chi connectivity index (χ0n) is 14.0. The number of aryl methyl sites for hydroxylation is 1. The maximum atomic E-state index is 12.5. The molecule has 1 aromatic heterocycles. The van der Waals surface area contributed by atoms with Gasteiger partial charge >= 0.3 is 0 Å². The van der Waals surface area contributed by atoms with Gasteiger partial charge in [0.15, 0.2) is 0 Å².